The van der Waals surface area contributed by atoms with Gasteiger partial charge in [0.05, 0.1) is 22.4 Å². The number of carbonyl (C=O) groups is 1. The molecule has 1 spiro atoms. The molecule has 4 nitrogen and oxygen atoms in total. The van der Waals surface area contributed by atoms with E-state index in [1.807, 2.05) is 6.33 Å². The Kier molecular flexibility index (Phi) is 3.73. The molecule has 2 aliphatic carbocycles. The quantitative estimate of drug-likeness (QED) is 0.833. The van der Waals surface area contributed by atoms with Gasteiger partial charge >= 0.3 is 0 Å². The smallest absolute Gasteiger partial charge is 0.264 e. The molecule has 2 aromatic rings. The molecule has 0 aromatic carbocycles. The van der Waals surface area contributed by atoms with E-state index in [9.17, 15) is 4.79 Å². The fourth-order valence-electron chi connectivity index (χ4n) is 5.15. The molecule has 1 amide bonds. The van der Waals surface area contributed by atoms with Crippen LogP contribution in [-0.4, -0.2) is 27.3 Å². The Morgan fingerprint density at radius 2 is 1.96 bits per heavy atom. The van der Waals surface area contributed by atoms with E-state index in [0.717, 1.165) is 49.2 Å². The molecule has 1 fully saturated rings. The maximum absolute atomic E-state index is 13.5. The summed E-state index contributed by atoms with van der Waals surface area (Å²) in [6.45, 7) is 0.816. The van der Waals surface area contributed by atoms with Gasteiger partial charge in [-0.15, -0.1) is 11.3 Å². The van der Waals surface area contributed by atoms with Gasteiger partial charge in [-0.1, -0.05) is 19.3 Å². The maximum Gasteiger partial charge on any atom is 0.264 e. The summed E-state index contributed by atoms with van der Waals surface area (Å²) in [4.78, 5) is 26.1. The Bertz CT molecular complexity index is 776. The Hall–Kier alpha value is -1.62. The van der Waals surface area contributed by atoms with Crippen LogP contribution in [-0.2, 0) is 24.8 Å². The molecule has 2 aromatic heterocycles. The molecule has 1 saturated carbocycles. The highest BCUT2D eigenvalue weighted by Crippen LogP contribution is 2.46. The lowest BCUT2D eigenvalue weighted by atomic mass is 9.75. The Morgan fingerprint density at radius 3 is 2.80 bits per heavy atom. The number of aromatic amines is 1. The second-order valence-electron chi connectivity index (χ2n) is 7.79. The molecule has 0 radical (unpaired) electrons. The number of nitrogens with one attached hydrogen (secondary N) is 1. The van der Waals surface area contributed by atoms with E-state index in [2.05, 4.69) is 20.9 Å². The first-order chi connectivity index (χ1) is 12.3. The summed E-state index contributed by atoms with van der Waals surface area (Å²) < 4.78 is 0. The number of rotatable bonds is 1. The summed E-state index contributed by atoms with van der Waals surface area (Å²) in [5.41, 5.74) is 3.65. The topological polar surface area (TPSA) is 49.0 Å². The van der Waals surface area contributed by atoms with Crippen molar-refractivity contribution in [2.24, 2.45) is 0 Å². The third-order valence-corrected chi connectivity index (χ3v) is 7.62. The summed E-state index contributed by atoms with van der Waals surface area (Å²) in [6.07, 6.45) is 13.3. The van der Waals surface area contributed by atoms with E-state index in [-0.39, 0.29) is 11.4 Å². The number of H-pyrrole nitrogens is 1. The lowest BCUT2D eigenvalue weighted by Crippen LogP contribution is -2.54. The van der Waals surface area contributed by atoms with Crippen LogP contribution in [0.1, 0.15) is 76.4 Å². The largest absolute Gasteiger partial charge is 0.348 e. The van der Waals surface area contributed by atoms with Crippen LogP contribution < -0.4 is 0 Å². The fraction of sp³-hybridized carbons (Fsp3) is 0.600. The average Bonchev–Trinajstić information content (AvgIpc) is 3.29. The van der Waals surface area contributed by atoms with E-state index >= 15 is 0 Å². The van der Waals surface area contributed by atoms with Crippen molar-refractivity contribution in [3.05, 3.63) is 39.1 Å². The van der Waals surface area contributed by atoms with Crippen molar-refractivity contribution in [2.45, 2.75) is 69.7 Å². The molecule has 0 atom stereocenters. The van der Waals surface area contributed by atoms with Crippen LogP contribution in [0.2, 0.25) is 0 Å². The van der Waals surface area contributed by atoms with Gasteiger partial charge in [-0.05, 0) is 50.2 Å². The normalized spacial score (nSPS) is 21.8. The zero-order valence-corrected chi connectivity index (χ0v) is 15.5. The van der Waals surface area contributed by atoms with Crippen molar-refractivity contribution in [3.63, 3.8) is 0 Å². The first-order valence-electron chi connectivity index (χ1n) is 9.74. The number of hydrogen-bond acceptors (Lipinski definition) is 3. The summed E-state index contributed by atoms with van der Waals surface area (Å²) >= 11 is 1.75. The molecule has 1 N–H and O–H groups in total. The predicted molar refractivity (Wildman–Crippen MR) is 99.1 cm³/mol. The van der Waals surface area contributed by atoms with E-state index < -0.39 is 0 Å². The Morgan fingerprint density at radius 1 is 1.12 bits per heavy atom. The summed E-state index contributed by atoms with van der Waals surface area (Å²) in [5, 5.41) is 0. The van der Waals surface area contributed by atoms with Gasteiger partial charge < -0.3 is 9.88 Å². The number of hydrogen-bond donors (Lipinski definition) is 1. The zero-order chi connectivity index (χ0) is 16.9. The van der Waals surface area contributed by atoms with Crippen LogP contribution in [0.5, 0.6) is 0 Å². The second kappa shape index (κ2) is 5.97. The van der Waals surface area contributed by atoms with Crippen LogP contribution >= 0.6 is 11.3 Å². The summed E-state index contributed by atoms with van der Waals surface area (Å²) in [7, 11) is 0. The van der Waals surface area contributed by atoms with Crippen molar-refractivity contribution in [2.75, 3.05) is 6.54 Å². The number of thiophene rings is 1. The molecule has 5 heteroatoms. The third kappa shape index (κ3) is 2.39. The molecule has 132 valence electrons. The second-order valence-corrected chi connectivity index (χ2v) is 8.93. The van der Waals surface area contributed by atoms with Crippen LogP contribution in [0.3, 0.4) is 0 Å². The molecule has 0 unspecified atom stereocenters. The van der Waals surface area contributed by atoms with Crippen molar-refractivity contribution < 1.29 is 4.79 Å². The van der Waals surface area contributed by atoms with Gasteiger partial charge in [0.15, 0.2) is 0 Å². The van der Waals surface area contributed by atoms with Crippen LogP contribution in [0, 0.1) is 0 Å². The summed E-state index contributed by atoms with van der Waals surface area (Å²) in [5.74, 6) is 0.245. The van der Waals surface area contributed by atoms with E-state index in [1.54, 1.807) is 11.3 Å². The standard InChI is InChI=1S/C20H25N3OS/c24-19(17-12-14-6-2-3-7-16(14)25-17)23-11-8-15-18(22-13-21-15)20(23)9-4-1-5-10-20/h12-13H,1-11H2,(H,21,22). The number of aryl methyl sites for hydroxylation is 2. The molecule has 5 rings (SSSR count). The number of nitrogens with zero attached hydrogens (tertiary/aromatic N) is 2. The predicted octanol–water partition coefficient (Wildman–Crippen LogP) is 4.21. The first-order valence-corrected chi connectivity index (χ1v) is 10.6. The molecule has 1 aliphatic heterocycles. The van der Waals surface area contributed by atoms with Gasteiger partial charge in [0, 0.05) is 23.5 Å². The Balaban J connectivity index is 1.53. The minimum absolute atomic E-state index is 0.173. The molecule has 3 heterocycles. The minimum Gasteiger partial charge on any atom is -0.348 e. The molecular formula is C20H25N3OS. The monoisotopic (exact) mass is 355 g/mol. The van der Waals surface area contributed by atoms with Crippen molar-refractivity contribution in [1.82, 2.24) is 14.9 Å². The highest BCUT2D eigenvalue weighted by atomic mass is 32.1. The number of carbonyl (C=O) groups excluding carboxylic acids is 1. The lowest BCUT2D eigenvalue weighted by molar-refractivity contribution is 0.0252. The van der Waals surface area contributed by atoms with Crippen LogP contribution in [0.25, 0.3) is 0 Å². The van der Waals surface area contributed by atoms with Crippen molar-refractivity contribution >= 4 is 17.2 Å². The fourth-order valence-corrected chi connectivity index (χ4v) is 6.35. The molecule has 25 heavy (non-hydrogen) atoms. The molecule has 3 aliphatic rings. The molecular weight excluding hydrogens is 330 g/mol. The first kappa shape index (κ1) is 15.6. The number of amides is 1. The number of imidazole rings is 1. The van der Waals surface area contributed by atoms with Gasteiger partial charge in [-0.25, -0.2) is 4.98 Å². The van der Waals surface area contributed by atoms with Gasteiger partial charge in [-0.2, -0.15) is 0 Å². The number of fused-ring (bicyclic) bond motifs is 3. The van der Waals surface area contributed by atoms with Crippen LogP contribution in [0.15, 0.2) is 12.4 Å². The zero-order valence-electron chi connectivity index (χ0n) is 14.6. The summed E-state index contributed by atoms with van der Waals surface area (Å²) in [6, 6.07) is 2.19. The lowest BCUT2D eigenvalue weighted by Gasteiger charge is -2.48. The van der Waals surface area contributed by atoms with Gasteiger partial charge in [-0.3, -0.25) is 4.79 Å². The molecule has 0 bridgehead atoms. The highest BCUT2D eigenvalue weighted by molar-refractivity contribution is 7.14. The van der Waals surface area contributed by atoms with Gasteiger partial charge in [0.1, 0.15) is 0 Å². The van der Waals surface area contributed by atoms with Gasteiger partial charge in [0.25, 0.3) is 5.91 Å². The van der Waals surface area contributed by atoms with E-state index in [0.29, 0.717) is 0 Å². The van der Waals surface area contributed by atoms with E-state index in [4.69, 9.17) is 0 Å². The minimum atomic E-state index is -0.173. The highest BCUT2D eigenvalue weighted by Gasteiger charge is 2.47. The third-order valence-electron chi connectivity index (χ3n) is 6.39. The van der Waals surface area contributed by atoms with Gasteiger partial charge in [0.2, 0.25) is 0 Å². The maximum atomic E-state index is 13.5. The van der Waals surface area contributed by atoms with E-state index in [1.165, 1.54) is 48.2 Å². The SMILES string of the molecule is O=C(c1cc2c(s1)CCCC2)N1CCc2[nH]cnc2C12CCCCC2. The Labute approximate surface area is 152 Å². The van der Waals surface area contributed by atoms with Crippen molar-refractivity contribution in [3.8, 4) is 0 Å². The average molecular weight is 356 g/mol. The van der Waals surface area contributed by atoms with Crippen molar-refractivity contribution in [1.29, 1.82) is 0 Å². The number of aromatic nitrogens is 2. The van der Waals surface area contributed by atoms with Crippen LogP contribution in [0.4, 0.5) is 0 Å². The molecule has 0 saturated heterocycles.